The predicted octanol–water partition coefficient (Wildman–Crippen LogP) is -0.0667. The topological polar surface area (TPSA) is 76.0 Å². The van der Waals surface area contributed by atoms with E-state index in [1.807, 2.05) is 6.92 Å². The summed E-state index contributed by atoms with van der Waals surface area (Å²) in [6.07, 6.45) is 4.96. The summed E-state index contributed by atoms with van der Waals surface area (Å²) < 4.78 is 28.5. The maximum Gasteiger partial charge on any atom is 0.259 e. The molecule has 0 bridgehead atoms. The highest BCUT2D eigenvalue weighted by Crippen LogP contribution is 2.09. The van der Waals surface area contributed by atoms with Crippen LogP contribution in [0.1, 0.15) is 19.8 Å². The monoisotopic (exact) mass is 258 g/mol. The molecule has 1 saturated heterocycles. The Hall–Kier alpha value is -0.920. The van der Waals surface area contributed by atoms with Gasteiger partial charge in [0.25, 0.3) is 10.0 Å². The number of rotatable bonds is 4. The summed E-state index contributed by atoms with van der Waals surface area (Å²) in [5.41, 5.74) is 0. The summed E-state index contributed by atoms with van der Waals surface area (Å²) in [4.78, 5) is 3.92. The minimum atomic E-state index is -3.47. The average molecular weight is 258 g/mol. The van der Waals surface area contributed by atoms with Crippen LogP contribution in [0.5, 0.6) is 0 Å². The zero-order valence-corrected chi connectivity index (χ0v) is 10.7. The summed E-state index contributed by atoms with van der Waals surface area (Å²) in [5, 5.41) is 3.27. The molecule has 0 unspecified atom stereocenters. The highest BCUT2D eigenvalue weighted by atomic mass is 32.2. The second-order valence-corrected chi connectivity index (χ2v) is 5.87. The first-order valence-corrected chi connectivity index (χ1v) is 7.35. The molecule has 0 aromatic carbocycles. The first-order valence-electron chi connectivity index (χ1n) is 5.86. The van der Waals surface area contributed by atoms with E-state index in [9.17, 15) is 8.42 Å². The predicted molar refractivity (Wildman–Crippen MR) is 64.1 cm³/mol. The molecule has 0 spiro atoms. The van der Waals surface area contributed by atoms with Crippen LogP contribution in [-0.2, 0) is 16.6 Å². The lowest BCUT2D eigenvalue weighted by Crippen LogP contribution is -2.45. The van der Waals surface area contributed by atoms with E-state index in [0.717, 1.165) is 19.4 Å². The zero-order chi connectivity index (χ0) is 12.3. The van der Waals surface area contributed by atoms with E-state index in [0.29, 0.717) is 13.1 Å². The molecule has 0 aliphatic carbocycles. The fourth-order valence-corrected chi connectivity index (χ4v) is 3.10. The number of hydrogen-bond donors (Lipinski definition) is 2. The second-order valence-electron chi connectivity index (χ2n) is 4.21. The highest BCUT2D eigenvalue weighted by Gasteiger charge is 2.23. The molecular formula is C10H18N4O2S. The largest absolute Gasteiger partial charge is 0.336 e. The average Bonchev–Trinajstić information content (AvgIpc) is 2.79. The third-order valence-corrected chi connectivity index (χ3v) is 4.27. The molecule has 0 amide bonds. The second kappa shape index (κ2) is 5.16. The maximum absolute atomic E-state index is 12.0. The van der Waals surface area contributed by atoms with E-state index in [1.165, 1.54) is 6.33 Å². The third kappa shape index (κ3) is 3.05. The first kappa shape index (κ1) is 12.5. The van der Waals surface area contributed by atoms with E-state index >= 15 is 0 Å². The lowest BCUT2D eigenvalue weighted by atomic mass is 10.1. The van der Waals surface area contributed by atoms with Crippen LogP contribution in [0.15, 0.2) is 17.6 Å². The van der Waals surface area contributed by atoms with Gasteiger partial charge in [-0.3, -0.25) is 0 Å². The van der Waals surface area contributed by atoms with E-state index < -0.39 is 10.0 Å². The number of hydrogen-bond acceptors (Lipinski definition) is 4. The van der Waals surface area contributed by atoms with Crippen molar-refractivity contribution in [3.05, 3.63) is 12.5 Å². The number of piperidine rings is 1. The minimum Gasteiger partial charge on any atom is -0.336 e. The Morgan fingerprint density at radius 1 is 1.65 bits per heavy atom. The van der Waals surface area contributed by atoms with Crippen molar-refractivity contribution in [1.29, 1.82) is 0 Å². The quantitative estimate of drug-likeness (QED) is 0.793. The standard InChI is InChI=1S/C10H18N4O2S/c1-2-14-7-10(12-8-14)17(15,16)13-9-4-3-5-11-6-9/h7-9,11,13H,2-6H2,1H3/t9-/m0/s1. The smallest absolute Gasteiger partial charge is 0.259 e. The van der Waals surface area contributed by atoms with Gasteiger partial charge in [-0.15, -0.1) is 0 Å². The van der Waals surface area contributed by atoms with Crippen molar-refractivity contribution in [2.45, 2.75) is 37.4 Å². The molecule has 1 atom stereocenters. The Morgan fingerprint density at radius 3 is 3.06 bits per heavy atom. The third-order valence-electron chi connectivity index (χ3n) is 2.87. The summed E-state index contributed by atoms with van der Waals surface area (Å²) >= 11 is 0. The molecule has 0 saturated carbocycles. The van der Waals surface area contributed by atoms with Gasteiger partial charge in [-0.2, -0.15) is 0 Å². The van der Waals surface area contributed by atoms with Crippen molar-refractivity contribution in [1.82, 2.24) is 19.6 Å². The molecule has 6 nitrogen and oxygen atoms in total. The van der Waals surface area contributed by atoms with Crippen LogP contribution in [0.4, 0.5) is 0 Å². The van der Waals surface area contributed by atoms with Crippen LogP contribution in [0.25, 0.3) is 0 Å². The van der Waals surface area contributed by atoms with E-state index in [4.69, 9.17) is 0 Å². The van der Waals surface area contributed by atoms with Crippen LogP contribution in [0, 0.1) is 0 Å². The Kier molecular flexibility index (Phi) is 3.80. The molecule has 1 aliphatic heterocycles. The van der Waals surface area contributed by atoms with Crippen LogP contribution in [-0.4, -0.2) is 37.1 Å². The summed E-state index contributed by atoms with van der Waals surface area (Å²) in [5.74, 6) is 0. The minimum absolute atomic E-state index is 0.0273. The SMILES string of the molecule is CCn1cnc(S(=O)(=O)N[C@H]2CCCNC2)c1. The fraction of sp³-hybridized carbons (Fsp3) is 0.700. The van der Waals surface area contributed by atoms with Gasteiger partial charge >= 0.3 is 0 Å². The number of nitrogens with zero attached hydrogens (tertiary/aromatic N) is 2. The first-order chi connectivity index (χ1) is 8.12. The van der Waals surface area contributed by atoms with Crippen molar-refractivity contribution in [2.24, 2.45) is 0 Å². The van der Waals surface area contributed by atoms with Crippen molar-refractivity contribution >= 4 is 10.0 Å². The Morgan fingerprint density at radius 2 is 2.47 bits per heavy atom. The van der Waals surface area contributed by atoms with Gasteiger partial charge in [-0.25, -0.2) is 18.1 Å². The molecule has 1 aliphatic rings. The summed E-state index contributed by atoms with van der Waals surface area (Å²) in [7, 11) is -3.47. The van der Waals surface area contributed by atoms with Crippen molar-refractivity contribution in [3.8, 4) is 0 Å². The molecule has 2 rings (SSSR count). The molecule has 7 heteroatoms. The van der Waals surface area contributed by atoms with E-state index in [-0.39, 0.29) is 11.1 Å². The van der Waals surface area contributed by atoms with Crippen LogP contribution >= 0.6 is 0 Å². The molecule has 1 fully saturated rings. The lowest BCUT2D eigenvalue weighted by Gasteiger charge is -2.23. The number of nitrogens with one attached hydrogen (secondary N) is 2. The van der Waals surface area contributed by atoms with E-state index in [1.54, 1.807) is 10.8 Å². The van der Waals surface area contributed by atoms with E-state index in [2.05, 4.69) is 15.0 Å². The number of imidazole rings is 1. The van der Waals surface area contributed by atoms with Crippen molar-refractivity contribution < 1.29 is 8.42 Å². The summed E-state index contributed by atoms with van der Waals surface area (Å²) in [6, 6.07) is -0.0273. The molecule has 1 aromatic rings. The molecular weight excluding hydrogens is 240 g/mol. The van der Waals surface area contributed by atoms with Gasteiger partial charge in [-0.1, -0.05) is 0 Å². The van der Waals surface area contributed by atoms with Crippen LogP contribution in [0.3, 0.4) is 0 Å². The Bertz CT molecular complexity index is 462. The van der Waals surface area contributed by atoms with Crippen LogP contribution < -0.4 is 10.0 Å². The van der Waals surface area contributed by atoms with Gasteiger partial charge in [-0.05, 0) is 26.3 Å². The van der Waals surface area contributed by atoms with Crippen molar-refractivity contribution in [3.63, 3.8) is 0 Å². The van der Waals surface area contributed by atoms with Gasteiger partial charge in [0.15, 0.2) is 5.03 Å². The number of aromatic nitrogens is 2. The molecule has 2 N–H and O–H groups in total. The molecule has 2 heterocycles. The summed E-state index contributed by atoms with van der Waals surface area (Å²) in [6.45, 7) is 4.31. The van der Waals surface area contributed by atoms with Gasteiger partial charge in [0.05, 0.1) is 6.33 Å². The Labute approximate surface area is 101 Å². The zero-order valence-electron chi connectivity index (χ0n) is 9.89. The molecule has 0 radical (unpaired) electrons. The van der Waals surface area contributed by atoms with Gasteiger partial charge in [0, 0.05) is 25.3 Å². The highest BCUT2D eigenvalue weighted by molar-refractivity contribution is 7.89. The number of aryl methyl sites for hydroxylation is 1. The lowest BCUT2D eigenvalue weighted by molar-refractivity contribution is 0.428. The Balaban J connectivity index is 2.07. The fourth-order valence-electron chi connectivity index (χ4n) is 1.88. The normalized spacial score (nSPS) is 21.6. The van der Waals surface area contributed by atoms with Gasteiger partial charge in [0.2, 0.25) is 0 Å². The molecule has 17 heavy (non-hydrogen) atoms. The van der Waals surface area contributed by atoms with Gasteiger partial charge < -0.3 is 9.88 Å². The number of sulfonamides is 1. The molecule has 1 aromatic heterocycles. The van der Waals surface area contributed by atoms with Crippen molar-refractivity contribution in [2.75, 3.05) is 13.1 Å². The molecule has 96 valence electrons. The maximum atomic E-state index is 12.0. The van der Waals surface area contributed by atoms with Crippen LogP contribution in [0.2, 0.25) is 0 Å². The van der Waals surface area contributed by atoms with Gasteiger partial charge in [0.1, 0.15) is 0 Å².